The number of nitrogens with one attached hydrogen (secondary N) is 1. The van der Waals surface area contributed by atoms with Crippen molar-refractivity contribution in [3.8, 4) is 11.3 Å². The molecular formula is C19H17NO4. The van der Waals surface area contributed by atoms with Crippen LogP contribution in [0, 0.1) is 0 Å². The largest absolute Gasteiger partial charge is 0.479 e. The molecule has 3 rings (SSSR count). The lowest BCUT2D eigenvalue weighted by Gasteiger charge is -2.12. The van der Waals surface area contributed by atoms with Crippen LogP contribution in [0.3, 0.4) is 0 Å². The Labute approximate surface area is 138 Å². The van der Waals surface area contributed by atoms with E-state index in [1.54, 1.807) is 13.0 Å². The van der Waals surface area contributed by atoms with Crippen molar-refractivity contribution in [1.82, 2.24) is 4.98 Å². The minimum Gasteiger partial charge on any atom is -0.479 e. The van der Waals surface area contributed by atoms with Crippen molar-refractivity contribution in [2.75, 3.05) is 6.61 Å². The molecule has 0 saturated heterocycles. The molecule has 5 heteroatoms. The van der Waals surface area contributed by atoms with Gasteiger partial charge in [-0.25, -0.2) is 4.79 Å². The number of aliphatic carboxylic acids is 1. The zero-order valence-electron chi connectivity index (χ0n) is 13.2. The molecule has 0 bridgehead atoms. The standard InChI is InChI=1S/C19H17NO4/c1-2-24-17(19(22)23)15-9-10-16(20-18(15)21)14-8-7-12-5-3-4-6-13(12)11-14/h3-11,17H,2H2,1H3,(H,20,21)(H,22,23). The highest BCUT2D eigenvalue weighted by atomic mass is 16.5. The predicted molar refractivity (Wildman–Crippen MR) is 92.0 cm³/mol. The molecule has 0 saturated carbocycles. The van der Waals surface area contributed by atoms with Gasteiger partial charge in [-0.2, -0.15) is 0 Å². The summed E-state index contributed by atoms with van der Waals surface area (Å²) in [5.74, 6) is -1.18. The smallest absolute Gasteiger partial charge is 0.337 e. The summed E-state index contributed by atoms with van der Waals surface area (Å²) in [7, 11) is 0. The average molecular weight is 323 g/mol. The van der Waals surface area contributed by atoms with E-state index in [1.165, 1.54) is 6.07 Å². The number of aromatic amines is 1. The lowest BCUT2D eigenvalue weighted by Crippen LogP contribution is -2.24. The number of carbonyl (C=O) groups is 1. The molecule has 3 aromatic rings. The molecular weight excluding hydrogens is 306 g/mol. The van der Waals surface area contributed by atoms with Crippen LogP contribution in [0.15, 0.2) is 59.4 Å². The first-order valence-corrected chi connectivity index (χ1v) is 7.67. The van der Waals surface area contributed by atoms with Crippen molar-refractivity contribution in [2.45, 2.75) is 13.0 Å². The topological polar surface area (TPSA) is 79.4 Å². The molecule has 24 heavy (non-hydrogen) atoms. The second kappa shape index (κ2) is 6.68. The SMILES string of the molecule is CCOC(C(=O)O)c1ccc(-c2ccc3ccccc3c2)[nH]c1=O. The van der Waals surface area contributed by atoms with E-state index in [1.807, 2.05) is 42.5 Å². The van der Waals surface area contributed by atoms with Crippen LogP contribution >= 0.6 is 0 Å². The number of aromatic nitrogens is 1. The molecule has 1 unspecified atom stereocenters. The van der Waals surface area contributed by atoms with Gasteiger partial charge in [-0.1, -0.05) is 36.4 Å². The molecule has 1 heterocycles. The number of rotatable bonds is 5. The first kappa shape index (κ1) is 16.0. The fourth-order valence-corrected chi connectivity index (χ4v) is 2.68. The van der Waals surface area contributed by atoms with E-state index in [0.717, 1.165) is 16.3 Å². The van der Waals surface area contributed by atoms with Gasteiger partial charge in [0.15, 0.2) is 6.10 Å². The predicted octanol–water partition coefficient (Wildman–Crippen LogP) is 3.36. The fraction of sp³-hybridized carbons (Fsp3) is 0.158. The Morgan fingerprint density at radius 3 is 2.54 bits per heavy atom. The molecule has 0 radical (unpaired) electrons. The summed E-state index contributed by atoms with van der Waals surface area (Å²) < 4.78 is 5.15. The van der Waals surface area contributed by atoms with Crippen molar-refractivity contribution in [1.29, 1.82) is 0 Å². The molecule has 2 N–H and O–H groups in total. The van der Waals surface area contributed by atoms with E-state index in [-0.39, 0.29) is 12.2 Å². The minimum absolute atomic E-state index is 0.0916. The molecule has 1 aromatic heterocycles. The third kappa shape index (κ3) is 3.07. The van der Waals surface area contributed by atoms with Crippen LogP contribution in [-0.4, -0.2) is 22.7 Å². The molecule has 1 atom stereocenters. The second-order valence-corrected chi connectivity index (χ2v) is 5.39. The summed E-state index contributed by atoms with van der Waals surface area (Å²) in [6.45, 7) is 1.90. The first-order valence-electron chi connectivity index (χ1n) is 7.67. The van der Waals surface area contributed by atoms with Crippen LogP contribution < -0.4 is 5.56 Å². The maximum Gasteiger partial charge on any atom is 0.337 e. The van der Waals surface area contributed by atoms with Crippen LogP contribution in [0.1, 0.15) is 18.6 Å². The van der Waals surface area contributed by atoms with E-state index in [9.17, 15) is 14.7 Å². The number of carboxylic acids is 1. The van der Waals surface area contributed by atoms with Crippen LogP contribution in [0.4, 0.5) is 0 Å². The Morgan fingerprint density at radius 1 is 1.12 bits per heavy atom. The molecule has 0 aliphatic rings. The molecule has 0 amide bonds. The monoisotopic (exact) mass is 323 g/mol. The summed E-state index contributed by atoms with van der Waals surface area (Å²) in [5, 5.41) is 11.4. The van der Waals surface area contributed by atoms with Crippen LogP contribution in [0.25, 0.3) is 22.0 Å². The van der Waals surface area contributed by atoms with Crippen molar-refractivity contribution in [3.05, 3.63) is 70.5 Å². The van der Waals surface area contributed by atoms with E-state index >= 15 is 0 Å². The maximum absolute atomic E-state index is 12.3. The van der Waals surface area contributed by atoms with E-state index in [2.05, 4.69) is 4.98 Å². The summed E-state index contributed by atoms with van der Waals surface area (Å²) in [4.78, 5) is 26.3. The molecule has 0 spiro atoms. The van der Waals surface area contributed by atoms with Gasteiger partial charge in [0.05, 0.1) is 5.56 Å². The Morgan fingerprint density at radius 2 is 1.88 bits per heavy atom. The fourth-order valence-electron chi connectivity index (χ4n) is 2.68. The van der Waals surface area contributed by atoms with Gasteiger partial charge >= 0.3 is 5.97 Å². The van der Waals surface area contributed by atoms with Gasteiger partial charge < -0.3 is 14.8 Å². The van der Waals surface area contributed by atoms with Crippen LogP contribution in [0.5, 0.6) is 0 Å². The third-order valence-electron chi connectivity index (χ3n) is 3.84. The molecule has 5 nitrogen and oxygen atoms in total. The highest BCUT2D eigenvalue weighted by Gasteiger charge is 2.23. The molecule has 122 valence electrons. The zero-order chi connectivity index (χ0) is 17.1. The van der Waals surface area contributed by atoms with Gasteiger partial charge in [0.2, 0.25) is 0 Å². The van der Waals surface area contributed by atoms with Gasteiger partial charge in [-0.3, -0.25) is 4.79 Å². The quantitative estimate of drug-likeness (QED) is 0.754. The van der Waals surface area contributed by atoms with Gasteiger partial charge in [0.25, 0.3) is 5.56 Å². The highest BCUT2D eigenvalue weighted by Crippen LogP contribution is 2.23. The van der Waals surface area contributed by atoms with Crippen molar-refractivity contribution in [2.24, 2.45) is 0 Å². The third-order valence-corrected chi connectivity index (χ3v) is 3.84. The molecule has 0 fully saturated rings. The maximum atomic E-state index is 12.3. The van der Waals surface area contributed by atoms with E-state index < -0.39 is 17.6 Å². The summed E-state index contributed by atoms with van der Waals surface area (Å²) in [5.41, 5.74) is 1.13. The number of H-pyrrole nitrogens is 1. The number of fused-ring (bicyclic) bond motifs is 1. The Hall–Kier alpha value is -2.92. The van der Waals surface area contributed by atoms with Crippen molar-refractivity contribution >= 4 is 16.7 Å². The lowest BCUT2D eigenvalue weighted by atomic mass is 10.0. The van der Waals surface area contributed by atoms with E-state index in [0.29, 0.717) is 5.69 Å². The normalized spacial score (nSPS) is 12.2. The summed E-state index contributed by atoms with van der Waals surface area (Å²) in [6.07, 6.45) is -1.26. The van der Waals surface area contributed by atoms with Crippen molar-refractivity contribution in [3.63, 3.8) is 0 Å². The number of ether oxygens (including phenoxy) is 1. The summed E-state index contributed by atoms with van der Waals surface area (Å²) >= 11 is 0. The van der Waals surface area contributed by atoms with Gasteiger partial charge in [0.1, 0.15) is 0 Å². The van der Waals surface area contributed by atoms with E-state index in [4.69, 9.17) is 4.74 Å². The number of hydrogen-bond donors (Lipinski definition) is 2. The highest BCUT2D eigenvalue weighted by molar-refractivity contribution is 5.86. The number of carboxylic acid groups (broad SMARTS) is 1. The molecule has 0 aliphatic heterocycles. The summed E-state index contributed by atoms with van der Waals surface area (Å²) in [6, 6.07) is 17.0. The average Bonchev–Trinajstić information content (AvgIpc) is 2.59. The van der Waals surface area contributed by atoms with Gasteiger partial charge in [-0.05, 0) is 41.5 Å². The first-order chi connectivity index (χ1) is 11.6. The second-order valence-electron chi connectivity index (χ2n) is 5.39. The molecule has 0 aliphatic carbocycles. The Kier molecular flexibility index (Phi) is 4.44. The number of pyridine rings is 1. The van der Waals surface area contributed by atoms with Crippen LogP contribution in [-0.2, 0) is 9.53 Å². The zero-order valence-corrected chi connectivity index (χ0v) is 13.2. The number of benzene rings is 2. The minimum atomic E-state index is -1.26. The van der Waals surface area contributed by atoms with Crippen molar-refractivity contribution < 1.29 is 14.6 Å². The lowest BCUT2D eigenvalue weighted by molar-refractivity contribution is -0.150. The van der Waals surface area contributed by atoms with Crippen LogP contribution in [0.2, 0.25) is 0 Å². The molecule has 2 aromatic carbocycles. The van der Waals surface area contributed by atoms with Gasteiger partial charge in [0, 0.05) is 12.3 Å². The Balaban J connectivity index is 2.02. The Bertz CT molecular complexity index is 945. The van der Waals surface area contributed by atoms with Gasteiger partial charge in [-0.15, -0.1) is 0 Å². The number of hydrogen-bond acceptors (Lipinski definition) is 3.